The highest BCUT2D eigenvalue weighted by Gasteiger charge is 2.12. The van der Waals surface area contributed by atoms with Crippen LogP contribution in [0.1, 0.15) is 6.42 Å². The first-order valence-electron chi connectivity index (χ1n) is 7.76. The topological polar surface area (TPSA) is 59.8 Å². The van der Waals surface area contributed by atoms with Gasteiger partial charge in [-0.25, -0.2) is 0 Å². The van der Waals surface area contributed by atoms with Crippen molar-refractivity contribution in [2.75, 3.05) is 11.1 Å². The number of nitrogens with one attached hydrogen (secondary N) is 1. The zero-order chi connectivity index (χ0) is 17.6. The Balaban J connectivity index is 1.55. The van der Waals surface area contributed by atoms with Crippen LogP contribution in [-0.2, 0) is 11.8 Å². The van der Waals surface area contributed by atoms with Gasteiger partial charge in [-0.15, -0.1) is 10.2 Å². The molecule has 2 aromatic carbocycles. The molecule has 1 heterocycles. The third-order valence-electron chi connectivity index (χ3n) is 3.56. The number of benzene rings is 2. The normalized spacial score (nSPS) is 10.6. The number of carbonyl (C=O) groups excluding carboxylic acids is 1. The molecule has 0 aliphatic rings. The van der Waals surface area contributed by atoms with Crippen molar-refractivity contribution in [2.24, 2.45) is 7.05 Å². The highest BCUT2D eigenvalue weighted by Crippen LogP contribution is 2.24. The predicted molar refractivity (Wildman–Crippen MR) is 102 cm³/mol. The molecule has 3 aromatic rings. The number of halogens is 1. The number of anilines is 1. The summed E-state index contributed by atoms with van der Waals surface area (Å²) >= 11 is 7.42. The van der Waals surface area contributed by atoms with E-state index in [9.17, 15) is 4.79 Å². The minimum absolute atomic E-state index is 0.0150. The molecule has 3 rings (SSSR count). The Bertz CT molecular complexity index is 849. The second-order valence-electron chi connectivity index (χ2n) is 5.38. The summed E-state index contributed by atoms with van der Waals surface area (Å²) in [6.45, 7) is 0. The molecule has 128 valence electrons. The van der Waals surface area contributed by atoms with E-state index in [2.05, 4.69) is 15.5 Å². The Morgan fingerprint density at radius 1 is 1.12 bits per heavy atom. The number of aromatic nitrogens is 3. The molecule has 0 saturated carbocycles. The van der Waals surface area contributed by atoms with Gasteiger partial charge in [-0.1, -0.05) is 41.6 Å². The fourth-order valence-electron chi connectivity index (χ4n) is 2.27. The van der Waals surface area contributed by atoms with Crippen LogP contribution < -0.4 is 5.32 Å². The van der Waals surface area contributed by atoms with Gasteiger partial charge in [0.15, 0.2) is 11.0 Å². The highest BCUT2D eigenvalue weighted by atomic mass is 35.5. The summed E-state index contributed by atoms with van der Waals surface area (Å²) < 4.78 is 1.92. The number of hydrogen-bond donors (Lipinski definition) is 1. The summed E-state index contributed by atoms with van der Waals surface area (Å²) in [6, 6.07) is 16.9. The van der Waals surface area contributed by atoms with E-state index < -0.39 is 0 Å². The Labute approximate surface area is 155 Å². The molecule has 0 bridgehead atoms. The van der Waals surface area contributed by atoms with Crippen LogP contribution >= 0.6 is 23.4 Å². The maximum atomic E-state index is 12.0. The van der Waals surface area contributed by atoms with Crippen LogP contribution in [0.4, 0.5) is 5.69 Å². The SMILES string of the molecule is Cn1c(SCCC(=O)Nc2ccccc2)nnc1-c1ccc(Cl)cc1. The molecular formula is C18H17ClN4OS. The van der Waals surface area contributed by atoms with Gasteiger partial charge in [0.2, 0.25) is 5.91 Å². The van der Waals surface area contributed by atoms with Crippen LogP contribution in [0, 0.1) is 0 Å². The van der Waals surface area contributed by atoms with Crippen molar-refractivity contribution in [1.82, 2.24) is 14.8 Å². The molecule has 5 nitrogen and oxygen atoms in total. The molecule has 0 fully saturated rings. The van der Waals surface area contributed by atoms with E-state index in [1.54, 1.807) is 0 Å². The summed E-state index contributed by atoms with van der Waals surface area (Å²) in [4.78, 5) is 12.0. The van der Waals surface area contributed by atoms with Gasteiger partial charge in [0.25, 0.3) is 0 Å². The van der Waals surface area contributed by atoms with Crippen LogP contribution in [-0.4, -0.2) is 26.4 Å². The maximum Gasteiger partial charge on any atom is 0.225 e. The van der Waals surface area contributed by atoms with E-state index in [0.717, 1.165) is 22.2 Å². The zero-order valence-corrected chi connectivity index (χ0v) is 15.2. The van der Waals surface area contributed by atoms with Gasteiger partial charge in [0.05, 0.1) is 0 Å². The molecule has 0 saturated heterocycles. The standard InChI is InChI=1S/C18H17ClN4OS/c1-23-17(13-7-9-14(19)10-8-13)21-22-18(23)25-12-11-16(24)20-15-5-3-2-4-6-15/h2-10H,11-12H2,1H3,(H,20,24). The zero-order valence-electron chi connectivity index (χ0n) is 13.6. The van der Waals surface area contributed by atoms with Crippen LogP contribution in [0.15, 0.2) is 59.8 Å². The number of carbonyl (C=O) groups is 1. The van der Waals surface area contributed by atoms with E-state index >= 15 is 0 Å². The van der Waals surface area contributed by atoms with Crippen molar-refractivity contribution < 1.29 is 4.79 Å². The molecule has 0 aliphatic carbocycles. The maximum absolute atomic E-state index is 12.0. The number of nitrogens with zero attached hydrogens (tertiary/aromatic N) is 3. The Kier molecular flexibility index (Phi) is 5.73. The lowest BCUT2D eigenvalue weighted by atomic mass is 10.2. The lowest BCUT2D eigenvalue weighted by Crippen LogP contribution is -2.12. The van der Waals surface area contributed by atoms with Gasteiger partial charge in [0, 0.05) is 35.5 Å². The van der Waals surface area contributed by atoms with Crippen LogP contribution in [0.5, 0.6) is 0 Å². The summed E-state index contributed by atoms with van der Waals surface area (Å²) in [5, 5.41) is 12.8. The molecule has 0 radical (unpaired) electrons. The van der Waals surface area contributed by atoms with Crippen molar-refractivity contribution in [1.29, 1.82) is 0 Å². The number of thioether (sulfide) groups is 1. The lowest BCUT2D eigenvalue weighted by Gasteiger charge is -2.05. The van der Waals surface area contributed by atoms with Crippen molar-refractivity contribution in [2.45, 2.75) is 11.6 Å². The quantitative estimate of drug-likeness (QED) is 0.657. The second-order valence-corrected chi connectivity index (χ2v) is 6.88. The second kappa shape index (κ2) is 8.18. The van der Waals surface area contributed by atoms with E-state index in [4.69, 9.17) is 11.6 Å². The van der Waals surface area contributed by atoms with Gasteiger partial charge in [-0.05, 0) is 36.4 Å². The lowest BCUT2D eigenvalue weighted by molar-refractivity contribution is -0.115. The third-order valence-corrected chi connectivity index (χ3v) is 4.83. The smallest absolute Gasteiger partial charge is 0.225 e. The highest BCUT2D eigenvalue weighted by molar-refractivity contribution is 7.99. The number of hydrogen-bond acceptors (Lipinski definition) is 4. The molecule has 0 unspecified atom stereocenters. The van der Waals surface area contributed by atoms with Gasteiger partial charge in [0.1, 0.15) is 0 Å². The molecule has 1 N–H and O–H groups in total. The monoisotopic (exact) mass is 372 g/mol. The minimum atomic E-state index is -0.0150. The van der Waals surface area contributed by atoms with Crippen LogP contribution in [0.25, 0.3) is 11.4 Å². The summed E-state index contributed by atoms with van der Waals surface area (Å²) in [5.41, 5.74) is 1.76. The average molecular weight is 373 g/mol. The molecule has 0 atom stereocenters. The van der Waals surface area contributed by atoms with E-state index in [1.165, 1.54) is 11.8 Å². The summed E-state index contributed by atoms with van der Waals surface area (Å²) in [7, 11) is 1.91. The van der Waals surface area contributed by atoms with Crippen LogP contribution in [0.3, 0.4) is 0 Å². The van der Waals surface area contributed by atoms with Crippen molar-refractivity contribution in [3.63, 3.8) is 0 Å². The molecule has 1 amide bonds. The summed E-state index contributed by atoms with van der Waals surface area (Å²) in [6.07, 6.45) is 0.405. The van der Waals surface area contributed by atoms with Gasteiger partial charge in [-0.2, -0.15) is 0 Å². The molecule has 7 heteroatoms. The molecular weight excluding hydrogens is 356 g/mol. The van der Waals surface area contributed by atoms with E-state index in [1.807, 2.05) is 66.2 Å². The molecule has 0 aliphatic heterocycles. The Morgan fingerprint density at radius 2 is 1.84 bits per heavy atom. The van der Waals surface area contributed by atoms with E-state index in [-0.39, 0.29) is 5.91 Å². The first kappa shape index (κ1) is 17.5. The molecule has 1 aromatic heterocycles. The summed E-state index contributed by atoms with van der Waals surface area (Å²) in [5.74, 6) is 1.39. The first-order valence-corrected chi connectivity index (χ1v) is 9.13. The largest absolute Gasteiger partial charge is 0.326 e. The van der Waals surface area contributed by atoms with Gasteiger partial charge >= 0.3 is 0 Å². The molecule has 25 heavy (non-hydrogen) atoms. The predicted octanol–water partition coefficient (Wildman–Crippen LogP) is 4.26. The number of para-hydroxylation sites is 1. The molecule has 0 spiro atoms. The van der Waals surface area contributed by atoms with Crippen molar-refractivity contribution >= 4 is 35.0 Å². The fourth-order valence-corrected chi connectivity index (χ4v) is 3.25. The number of amides is 1. The van der Waals surface area contributed by atoms with E-state index in [0.29, 0.717) is 17.2 Å². The average Bonchev–Trinajstić information content (AvgIpc) is 2.97. The number of rotatable bonds is 6. The van der Waals surface area contributed by atoms with Crippen molar-refractivity contribution in [3.8, 4) is 11.4 Å². The van der Waals surface area contributed by atoms with Crippen LogP contribution in [0.2, 0.25) is 5.02 Å². The van der Waals surface area contributed by atoms with Crippen molar-refractivity contribution in [3.05, 3.63) is 59.6 Å². The Hall–Kier alpha value is -2.31. The Morgan fingerprint density at radius 3 is 2.56 bits per heavy atom. The van der Waals surface area contributed by atoms with Gasteiger partial charge in [-0.3, -0.25) is 4.79 Å². The minimum Gasteiger partial charge on any atom is -0.326 e. The van der Waals surface area contributed by atoms with Gasteiger partial charge < -0.3 is 9.88 Å². The fraction of sp³-hybridized carbons (Fsp3) is 0.167. The first-order chi connectivity index (χ1) is 12.1. The third kappa shape index (κ3) is 4.61.